The Morgan fingerprint density at radius 1 is 1.44 bits per heavy atom. The molecule has 90 valence electrons. The zero-order valence-electron chi connectivity index (χ0n) is 10.1. The highest BCUT2D eigenvalue weighted by molar-refractivity contribution is 5.04. The average Bonchev–Trinajstić information content (AvgIpc) is 2.62. The summed E-state index contributed by atoms with van der Waals surface area (Å²) in [6, 6.07) is 1.73. The standard InChI is InChI=1S/C12H21N3O/c1-9(2)11-7-12(16)15(14-11)8-10-3-5-13-6-4-10/h7,9-10,13-14H,3-6,8H2,1-2H3. The molecule has 2 rings (SSSR count). The van der Waals surface area contributed by atoms with Gasteiger partial charge >= 0.3 is 0 Å². The Morgan fingerprint density at radius 3 is 2.69 bits per heavy atom. The van der Waals surface area contributed by atoms with Crippen molar-refractivity contribution in [3.8, 4) is 0 Å². The van der Waals surface area contributed by atoms with E-state index in [1.807, 2.05) is 0 Å². The molecule has 0 atom stereocenters. The molecule has 0 amide bonds. The minimum Gasteiger partial charge on any atom is -0.317 e. The summed E-state index contributed by atoms with van der Waals surface area (Å²) in [5.74, 6) is 1.03. The van der Waals surface area contributed by atoms with Gasteiger partial charge in [-0.2, -0.15) is 0 Å². The number of aromatic nitrogens is 2. The van der Waals surface area contributed by atoms with Crippen molar-refractivity contribution >= 4 is 0 Å². The van der Waals surface area contributed by atoms with E-state index in [2.05, 4.69) is 24.3 Å². The monoisotopic (exact) mass is 223 g/mol. The smallest absolute Gasteiger partial charge is 0.266 e. The fraction of sp³-hybridized carbons (Fsp3) is 0.750. The number of rotatable bonds is 3. The molecule has 1 fully saturated rings. The van der Waals surface area contributed by atoms with E-state index in [-0.39, 0.29) is 5.56 Å². The van der Waals surface area contributed by atoms with Gasteiger partial charge < -0.3 is 5.32 Å². The van der Waals surface area contributed by atoms with Crippen molar-refractivity contribution in [3.05, 3.63) is 22.1 Å². The van der Waals surface area contributed by atoms with Gasteiger partial charge in [-0.3, -0.25) is 14.6 Å². The molecule has 2 N–H and O–H groups in total. The van der Waals surface area contributed by atoms with Crippen molar-refractivity contribution in [2.75, 3.05) is 13.1 Å². The lowest BCUT2D eigenvalue weighted by Gasteiger charge is -2.22. The largest absolute Gasteiger partial charge is 0.317 e. The molecule has 1 aromatic heterocycles. The van der Waals surface area contributed by atoms with Crippen molar-refractivity contribution in [2.24, 2.45) is 5.92 Å². The molecule has 2 heterocycles. The van der Waals surface area contributed by atoms with Crippen LogP contribution in [0.2, 0.25) is 0 Å². The summed E-state index contributed by atoms with van der Waals surface area (Å²) in [4.78, 5) is 11.7. The van der Waals surface area contributed by atoms with E-state index in [0.717, 1.165) is 25.3 Å². The first-order valence-electron chi connectivity index (χ1n) is 6.17. The van der Waals surface area contributed by atoms with Crippen molar-refractivity contribution in [3.63, 3.8) is 0 Å². The summed E-state index contributed by atoms with van der Waals surface area (Å²) in [5.41, 5.74) is 1.15. The van der Waals surface area contributed by atoms with Crippen LogP contribution in [0.15, 0.2) is 10.9 Å². The van der Waals surface area contributed by atoms with Crippen molar-refractivity contribution in [1.29, 1.82) is 0 Å². The number of piperidine rings is 1. The van der Waals surface area contributed by atoms with Crippen LogP contribution in [0.25, 0.3) is 0 Å². The van der Waals surface area contributed by atoms with Gasteiger partial charge in [-0.05, 0) is 37.8 Å². The second kappa shape index (κ2) is 4.87. The van der Waals surface area contributed by atoms with Gasteiger partial charge in [-0.1, -0.05) is 13.8 Å². The van der Waals surface area contributed by atoms with Gasteiger partial charge in [0.25, 0.3) is 5.56 Å². The quantitative estimate of drug-likeness (QED) is 0.811. The molecule has 1 aromatic rings. The van der Waals surface area contributed by atoms with Crippen molar-refractivity contribution < 1.29 is 0 Å². The molecule has 4 nitrogen and oxygen atoms in total. The maximum atomic E-state index is 11.7. The number of H-pyrrole nitrogens is 1. The van der Waals surface area contributed by atoms with Crippen LogP contribution in [0.5, 0.6) is 0 Å². The predicted octanol–water partition coefficient (Wildman–Crippen LogP) is 1.30. The van der Waals surface area contributed by atoms with Crippen LogP contribution in [-0.2, 0) is 6.54 Å². The van der Waals surface area contributed by atoms with Gasteiger partial charge in [0.2, 0.25) is 0 Å². The second-order valence-corrected chi connectivity index (χ2v) is 5.01. The molecule has 1 saturated heterocycles. The minimum atomic E-state index is 0.113. The van der Waals surface area contributed by atoms with Crippen LogP contribution in [0, 0.1) is 5.92 Å². The molecule has 0 bridgehead atoms. The maximum Gasteiger partial charge on any atom is 0.266 e. The number of hydrogen-bond donors (Lipinski definition) is 2. The first-order chi connectivity index (χ1) is 7.66. The van der Waals surface area contributed by atoms with E-state index in [1.165, 1.54) is 12.8 Å². The Bertz CT molecular complexity index is 385. The molecule has 0 aromatic carbocycles. The number of nitrogens with zero attached hydrogens (tertiary/aromatic N) is 1. The van der Waals surface area contributed by atoms with Crippen LogP contribution >= 0.6 is 0 Å². The van der Waals surface area contributed by atoms with Crippen LogP contribution < -0.4 is 10.9 Å². The summed E-state index contributed by atoms with van der Waals surface area (Å²) >= 11 is 0. The first-order valence-corrected chi connectivity index (χ1v) is 6.17. The summed E-state index contributed by atoms with van der Waals surface area (Å²) in [7, 11) is 0. The van der Waals surface area contributed by atoms with Gasteiger partial charge in [-0.15, -0.1) is 0 Å². The third-order valence-electron chi connectivity index (χ3n) is 3.33. The lowest BCUT2D eigenvalue weighted by Crippen LogP contribution is -2.32. The van der Waals surface area contributed by atoms with Gasteiger partial charge in [0.05, 0.1) is 0 Å². The van der Waals surface area contributed by atoms with Crippen molar-refractivity contribution in [2.45, 2.75) is 39.2 Å². The first kappa shape index (κ1) is 11.5. The topological polar surface area (TPSA) is 49.8 Å². The maximum absolute atomic E-state index is 11.7. The number of nitrogens with one attached hydrogen (secondary N) is 2. The van der Waals surface area contributed by atoms with E-state index in [1.54, 1.807) is 10.7 Å². The third-order valence-corrected chi connectivity index (χ3v) is 3.33. The van der Waals surface area contributed by atoms with Crippen molar-refractivity contribution in [1.82, 2.24) is 15.1 Å². The number of aromatic amines is 1. The van der Waals surface area contributed by atoms with Gasteiger partial charge in [0.15, 0.2) is 0 Å². The Labute approximate surface area is 96.0 Å². The van der Waals surface area contributed by atoms with E-state index in [4.69, 9.17) is 0 Å². The molecule has 16 heavy (non-hydrogen) atoms. The van der Waals surface area contributed by atoms with E-state index >= 15 is 0 Å². The van der Waals surface area contributed by atoms with Crippen LogP contribution in [-0.4, -0.2) is 22.9 Å². The summed E-state index contributed by atoms with van der Waals surface area (Å²) < 4.78 is 1.77. The van der Waals surface area contributed by atoms with Crippen LogP contribution in [0.4, 0.5) is 0 Å². The second-order valence-electron chi connectivity index (χ2n) is 5.01. The molecule has 4 heteroatoms. The summed E-state index contributed by atoms with van der Waals surface area (Å²) in [6.45, 7) is 7.20. The highest BCUT2D eigenvalue weighted by atomic mass is 16.1. The lowest BCUT2D eigenvalue weighted by molar-refractivity contribution is 0.317. The van der Waals surface area contributed by atoms with Crippen LogP contribution in [0.3, 0.4) is 0 Å². The minimum absolute atomic E-state index is 0.113. The Morgan fingerprint density at radius 2 is 2.12 bits per heavy atom. The molecule has 1 aliphatic rings. The predicted molar refractivity (Wildman–Crippen MR) is 64.7 cm³/mol. The summed E-state index contributed by atoms with van der Waals surface area (Å²) in [5, 5.41) is 6.55. The molecule has 0 radical (unpaired) electrons. The zero-order chi connectivity index (χ0) is 11.5. The van der Waals surface area contributed by atoms with E-state index < -0.39 is 0 Å². The fourth-order valence-electron chi connectivity index (χ4n) is 2.21. The summed E-state index contributed by atoms with van der Waals surface area (Å²) in [6.07, 6.45) is 2.34. The molecule has 0 saturated carbocycles. The van der Waals surface area contributed by atoms with Crippen LogP contribution in [0.1, 0.15) is 38.3 Å². The van der Waals surface area contributed by atoms with Gasteiger partial charge in [-0.25, -0.2) is 0 Å². The lowest BCUT2D eigenvalue weighted by atomic mass is 9.98. The number of hydrogen-bond acceptors (Lipinski definition) is 2. The Balaban J connectivity index is 2.05. The molecule has 1 aliphatic heterocycles. The third kappa shape index (κ3) is 2.55. The van der Waals surface area contributed by atoms with E-state index in [9.17, 15) is 4.79 Å². The highest BCUT2D eigenvalue weighted by Crippen LogP contribution is 2.14. The normalized spacial score (nSPS) is 18.2. The van der Waals surface area contributed by atoms with E-state index in [0.29, 0.717) is 11.8 Å². The Kier molecular flexibility index (Phi) is 3.49. The highest BCUT2D eigenvalue weighted by Gasteiger charge is 2.15. The molecule has 0 unspecified atom stereocenters. The zero-order valence-corrected chi connectivity index (χ0v) is 10.1. The van der Waals surface area contributed by atoms with Gasteiger partial charge in [0.1, 0.15) is 0 Å². The fourth-order valence-corrected chi connectivity index (χ4v) is 2.21. The average molecular weight is 223 g/mol. The molecule has 0 aliphatic carbocycles. The molecule has 0 spiro atoms. The SMILES string of the molecule is CC(C)c1cc(=O)n(CC2CCNCC2)[nH]1. The molecular weight excluding hydrogens is 202 g/mol. The van der Waals surface area contributed by atoms with Gasteiger partial charge in [0, 0.05) is 18.3 Å². The Hall–Kier alpha value is -1.03. The molecular formula is C12H21N3O.